The zero-order chi connectivity index (χ0) is 12.7. The average Bonchev–Trinajstić information content (AvgIpc) is 2.79. The molecule has 0 fully saturated rings. The van der Waals surface area contributed by atoms with Crippen LogP contribution in [0.2, 0.25) is 0 Å². The lowest BCUT2D eigenvalue weighted by Gasteiger charge is -2.10. The molecule has 2 heterocycles. The molecule has 1 aromatic carbocycles. The Balaban J connectivity index is 2.43. The average molecular weight is 260 g/mol. The van der Waals surface area contributed by atoms with Gasteiger partial charge in [-0.05, 0) is 12.3 Å². The molecule has 0 atom stereocenters. The van der Waals surface area contributed by atoms with Crippen molar-refractivity contribution in [1.29, 1.82) is 0 Å². The fourth-order valence-corrected chi connectivity index (χ4v) is 2.78. The van der Waals surface area contributed by atoms with Crippen LogP contribution >= 0.6 is 11.8 Å². The van der Waals surface area contributed by atoms with E-state index in [1.54, 1.807) is 32.2 Å². The summed E-state index contributed by atoms with van der Waals surface area (Å²) in [6.45, 7) is 0. The van der Waals surface area contributed by atoms with Crippen LogP contribution in [0.1, 0.15) is 5.56 Å². The Morgan fingerprint density at radius 1 is 1.22 bits per heavy atom. The molecule has 3 rings (SSSR count). The number of aliphatic imine (C=N–C) groups is 1. The van der Waals surface area contributed by atoms with E-state index in [1.165, 1.54) is 0 Å². The molecule has 0 spiro atoms. The minimum Gasteiger partial charge on any atom is -0.493 e. The smallest absolute Gasteiger partial charge is 0.187 e. The zero-order valence-electron chi connectivity index (χ0n) is 10.4. The van der Waals surface area contributed by atoms with Crippen molar-refractivity contribution in [1.82, 2.24) is 4.98 Å². The fraction of sp³-hybridized carbons (Fsp3) is 0.231. The van der Waals surface area contributed by atoms with Crippen LogP contribution in [0.3, 0.4) is 0 Å². The lowest BCUT2D eigenvalue weighted by molar-refractivity contribution is 0.357. The van der Waals surface area contributed by atoms with Gasteiger partial charge in [-0.3, -0.25) is 4.98 Å². The van der Waals surface area contributed by atoms with Crippen molar-refractivity contribution < 1.29 is 9.47 Å². The normalized spacial score (nSPS) is 12.7. The highest BCUT2D eigenvalue weighted by Crippen LogP contribution is 2.48. The number of methoxy groups -OCH3 is 2. The van der Waals surface area contributed by atoms with Gasteiger partial charge in [-0.25, -0.2) is 4.99 Å². The highest BCUT2D eigenvalue weighted by molar-refractivity contribution is 8.13. The van der Waals surface area contributed by atoms with Gasteiger partial charge in [-0.15, -0.1) is 11.8 Å². The van der Waals surface area contributed by atoms with Crippen molar-refractivity contribution in [2.75, 3.05) is 20.5 Å². The van der Waals surface area contributed by atoms with Gasteiger partial charge in [0.1, 0.15) is 10.7 Å². The molecule has 1 aliphatic rings. The number of pyridine rings is 1. The molecular weight excluding hydrogens is 248 g/mol. The Kier molecular flexibility index (Phi) is 2.63. The number of nitrogens with zero attached hydrogens (tertiary/aromatic N) is 2. The molecule has 92 valence electrons. The molecule has 0 bridgehead atoms. The first-order valence-corrected chi connectivity index (χ1v) is 6.69. The zero-order valence-corrected chi connectivity index (χ0v) is 11.2. The Hall–Kier alpha value is -1.75. The van der Waals surface area contributed by atoms with E-state index in [0.717, 1.165) is 27.2 Å². The molecule has 2 aromatic rings. The van der Waals surface area contributed by atoms with Crippen molar-refractivity contribution in [3.05, 3.63) is 23.9 Å². The lowest BCUT2D eigenvalue weighted by atomic mass is 10.1. The van der Waals surface area contributed by atoms with Crippen LogP contribution in [0.5, 0.6) is 11.5 Å². The van der Waals surface area contributed by atoms with Gasteiger partial charge >= 0.3 is 0 Å². The first kappa shape index (κ1) is 11.3. The Labute approximate surface area is 109 Å². The van der Waals surface area contributed by atoms with Gasteiger partial charge in [0, 0.05) is 23.2 Å². The molecule has 0 aliphatic carbocycles. The molecule has 0 saturated heterocycles. The Morgan fingerprint density at radius 2 is 2.06 bits per heavy atom. The summed E-state index contributed by atoms with van der Waals surface area (Å²) >= 11 is 1.62. The Morgan fingerprint density at radius 3 is 2.72 bits per heavy atom. The predicted octanol–water partition coefficient (Wildman–Crippen LogP) is 3.01. The van der Waals surface area contributed by atoms with Crippen LogP contribution in [0.25, 0.3) is 10.9 Å². The third kappa shape index (κ3) is 1.40. The van der Waals surface area contributed by atoms with Gasteiger partial charge in [-0.1, -0.05) is 0 Å². The number of ether oxygens (including phenoxy) is 2. The Bertz CT molecular complexity index is 668. The van der Waals surface area contributed by atoms with E-state index in [4.69, 9.17) is 9.47 Å². The summed E-state index contributed by atoms with van der Waals surface area (Å²) in [5, 5.41) is 2.03. The molecule has 4 nitrogen and oxygen atoms in total. The van der Waals surface area contributed by atoms with Crippen molar-refractivity contribution in [3.63, 3.8) is 0 Å². The number of aromatic nitrogens is 1. The second-order valence-corrected chi connectivity index (χ2v) is 4.63. The van der Waals surface area contributed by atoms with Gasteiger partial charge in [0.2, 0.25) is 0 Å². The maximum atomic E-state index is 5.42. The van der Waals surface area contributed by atoms with Gasteiger partial charge in [-0.2, -0.15) is 0 Å². The van der Waals surface area contributed by atoms with Crippen LogP contribution in [0.4, 0.5) is 5.69 Å². The van der Waals surface area contributed by atoms with Crippen LogP contribution in [0.15, 0.2) is 23.3 Å². The van der Waals surface area contributed by atoms with Crippen LogP contribution in [0, 0.1) is 0 Å². The SMILES string of the molecule is COc1cc2nccc3c2c(c1OC)N=C3SC. The molecule has 18 heavy (non-hydrogen) atoms. The highest BCUT2D eigenvalue weighted by Gasteiger charge is 2.24. The number of hydrogen-bond donors (Lipinski definition) is 0. The molecule has 1 aliphatic heterocycles. The van der Waals surface area contributed by atoms with Crippen molar-refractivity contribution >= 4 is 33.4 Å². The maximum Gasteiger partial charge on any atom is 0.187 e. The monoisotopic (exact) mass is 260 g/mol. The second-order valence-electron chi connectivity index (χ2n) is 3.83. The summed E-state index contributed by atoms with van der Waals surface area (Å²) in [7, 11) is 3.25. The summed E-state index contributed by atoms with van der Waals surface area (Å²) in [5.74, 6) is 1.33. The van der Waals surface area contributed by atoms with Crippen LogP contribution in [-0.4, -0.2) is 30.5 Å². The highest BCUT2D eigenvalue weighted by atomic mass is 32.2. The van der Waals surface area contributed by atoms with Gasteiger partial charge in [0.25, 0.3) is 0 Å². The number of benzene rings is 1. The van der Waals surface area contributed by atoms with E-state index >= 15 is 0 Å². The largest absolute Gasteiger partial charge is 0.493 e. The first-order chi connectivity index (χ1) is 8.80. The third-order valence-electron chi connectivity index (χ3n) is 2.98. The molecule has 1 aromatic heterocycles. The first-order valence-electron chi connectivity index (χ1n) is 5.47. The number of hydrogen-bond acceptors (Lipinski definition) is 5. The van der Waals surface area contributed by atoms with Crippen LogP contribution in [-0.2, 0) is 0 Å². The molecular formula is C13H12N2O2S. The van der Waals surface area contributed by atoms with Crippen molar-refractivity contribution in [2.24, 2.45) is 4.99 Å². The second kappa shape index (κ2) is 4.17. The molecule has 0 N–H and O–H groups in total. The van der Waals surface area contributed by atoms with Gasteiger partial charge in [0.05, 0.1) is 19.7 Å². The predicted molar refractivity (Wildman–Crippen MR) is 74.6 cm³/mol. The van der Waals surface area contributed by atoms with Gasteiger partial charge in [0.15, 0.2) is 11.5 Å². The van der Waals surface area contributed by atoms with Crippen molar-refractivity contribution in [3.8, 4) is 11.5 Å². The van der Waals surface area contributed by atoms with E-state index in [1.807, 2.05) is 18.4 Å². The minimum atomic E-state index is 0.663. The quantitative estimate of drug-likeness (QED) is 0.832. The van der Waals surface area contributed by atoms with E-state index in [2.05, 4.69) is 9.98 Å². The van der Waals surface area contributed by atoms with Crippen LogP contribution < -0.4 is 9.47 Å². The maximum absolute atomic E-state index is 5.42. The van der Waals surface area contributed by atoms with E-state index in [9.17, 15) is 0 Å². The minimum absolute atomic E-state index is 0.663. The summed E-state index contributed by atoms with van der Waals surface area (Å²) < 4.78 is 10.8. The number of rotatable bonds is 2. The lowest BCUT2D eigenvalue weighted by Crippen LogP contribution is -1.93. The number of thioether (sulfide) groups is 1. The van der Waals surface area contributed by atoms with E-state index in [-0.39, 0.29) is 0 Å². The van der Waals surface area contributed by atoms with E-state index in [0.29, 0.717) is 11.5 Å². The standard InChI is InChI=1S/C13H12N2O2S/c1-16-9-6-8-10-7(4-5-14-8)13(18-3)15-11(10)12(9)17-2/h4-6H,1-3H3. The molecule has 5 heteroatoms. The van der Waals surface area contributed by atoms with Gasteiger partial charge < -0.3 is 9.47 Å². The molecule has 0 radical (unpaired) electrons. The molecule has 0 amide bonds. The van der Waals surface area contributed by atoms with E-state index < -0.39 is 0 Å². The summed E-state index contributed by atoms with van der Waals surface area (Å²) in [6.07, 6.45) is 3.81. The molecule has 0 unspecified atom stereocenters. The topological polar surface area (TPSA) is 43.7 Å². The summed E-state index contributed by atoms with van der Waals surface area (Å²) in [4.78, 5) is 9.01. The fourth-order valence-electron chi connectivity index (χ4n) is 2.21. The molecule has 0 saturated carbocycles. The summed E-state index contributed by atoms with van der Waals surface area (Å²) in [5.41, 5.74) is 2.82. The van der Waals surface area contributed by atoms with Crippen molar-refractivity contribution in [2.45, 2.75) is 0 Å². The summed E-state index contributed by atoms with van der Waals surface area (Å²) in [6, 6.07) is 3.88. The third-order valence-corrected chi connectivity index (χ3v) is 3.68.